The van der Waals surface area contributed by atoms with Crippen molar-refractivity contribution in [3.05, 3.63) is 169 Å². The Balaban J connectivity index is 0.000000139. The fourth-order valence-electron chi connectivity index (χ4n) is 11.6. The topological polar surface area (TPSA) is 418 Å². The Morgan fingerprint density at radius 3 is 1.12 bits per heavy atom. The molecule has 12 aromatic rings. The lowest BCUT2D eigenvalue weighted by molar-refractivity contribution is 0.0936. The van der Waals surface area contributed by atoms with Gasteiger partial charge in [0.15, 0.2) is 45.9 Å². The third kappa shape index (κ3) is 18.7. The van der Waals surface area contributed by atoms with Crippen LogP contribution >= 0.6 is 0 Å². The van der Waals surface area contributed by atoms with E-state index >= 15 is 0 Å². The Labute approximate surface area is 599 Å². The number of hydrogen-bond donors (Lipinski definition) is 9. The number of nitrogens with two attached hydrogens (primary N) is 4. The number of likely N-dealkylation sites (N-methyl/N-ethyl adjacent to an activating group) is 2. The summed E-state index contributed by atoms with van der Waals surface area (Å²) in [5, 5.41) is 32.1. The first-order valence-electron chi connectivity index (χ1n) is 34.2. The standard InChI is InChI=1S/C20H26N8O.C18H21N7O.C17H21N7O.C16H19N7O/c1-26-9-11-27(12-10-26)8-4-7-23-20(29)15-13-24-19-17(16-5-2-3-6-22-16)18(21)25-28(19)14-15;19-16-15(14-3-1-2-6-21-14)17-22-10-13(11-25(17)24-16)18(26)23-9-12-4-7-20-8-5-12;1-23(2)9-5-8-20-17(25)12-10-21-16-14(13-6-3-4-7-19-13)15(18)22-24(16)11-12;1-22(2)8-7-19-16(24)11-9-20-15-13(12-5-3-4-6-18-12)14(17)21-23(15)10-11/h2-3,5-6,13-14H,4,7-12H2,1H3,(H2,21,25)(H,23,29);1-3,6,10-12,20H,4-5,7-9H2,(H2,19,24)(H,23,26);3-4,6-7,10-11H,5,8-9H2,1-2H3,(H2,18,22)(H,20,25);3-6,9-10H,7-8H2,1-2H3,(H2,17,21)(H,19,24). The van der Waals surface area contributed by atoms with E-state index < -0.39 is 0 Å². The summed E-state index contributed by atoms with van der Waals surface area (Å²) in [6.45, 7) is 11.6. The molecule has 33 nitrogen and oxygen atoms in total. The van der Waals surface area contributed by atoms with Gasteiger partial charge in [0, 0.05) is 133 Å². The van der Waals surface area contributed by atoms with Gasteiger partial charge in [0.25, 0.3) is 23.6 Å². The number of fused-ring (bicyclic) bond motifs is 4. The molecule has 2 aliphatic heterocycles. The molecule has 0 aliphatic carbocycles. The molecule has 0 saturated carbocycles. The molecular formula is C71H87N29O4. The van der Waals surface area contributed by atoms with Gasteiger partial charge in [0.1, 0.15) is 0 Å². The summed E-state index contributed by atoms with van der Waals surface area (Å²) in [4.78, 5) is 93.0. The molecule has 2 saturated heterocycles. The molecule has 0 radical (unpaired) electrons. The fourth-order valence-corrected chi connectivity index (χ4v) is 11.6. The highest BCUT2D eigenvalue weighted by atomic mass is 16.2. The highest BCUT2D eigenvalue weighted by molar-refractivity contribution is 5.97. The SMILES string of the molecule is CN(C)CCCNC(=O)c1cnc2c(-c3ccccn3)c(N)nn2c1.CN(C)CCNC(=O)c1cnc2c(-c3ccccn3)c(N)nn2c1.CN1CCN(CCCNC(=O)c2cnc3c(-c4ccccn4)c(N)nn3c2)CC1.Nc1nn2cc(C(=O)NCC3CCNCC3)cnc2c1-c1ccccn1. The maximum Gasteiger partial charge on any atom is 0.254 e. The van der Waals surface area contributed by atoms with Crippen LogP contribution < -0.4 is 49.5 Å². The second-order valence-electron chi connectivity index (χ2n) is 25.5. The van der Waals surface area contributed by atoms with Crippen molar-refractivity contribution in [2.75, 3.05) is 143 Å². The monoisotopic (exact) mass is 1410 g/mol. The van der Waals surface area contributed by atoms with E-state index in [9.17, 15) is 19.2 Å². The Morgan fingerprint density at radius 2 is 0.779 bits per heavy atom. The van der Waals surface area contributed by atoms with Crippen molar-refractivity contribution >= 4 is 69.5 Å². The number of nitrogen functional groups attached to an aromatic ring is 4. The second kappa shape index (κ2) is 35.0. The van der Waals surface area contributed by atoms with Gasteiger partial charge in [-0.25, -0.2) is 38.0 Å². The number of piperidine rings is 1. The summed E-state index contributed by atoms with van der Waals surface area (Å²) in [7, 11) is 10.0. The van der Waals surface area contributed by atoms with Crippen LogP contribution in [0.5, 0.6) is 0 Å². The highest BCUT2D eigenvalue weighted by Crippen LogP contribution is 2.31. The average Bonchev–Trinajstić information content (AvgIpc) is 1.66. The number of pyridine rings is 4. The smallest absolute Gasteiger partial charge is 0.254 e. The number of carbonyl (C=O) groups is 4. The van der Waals surface area contributed by atoms with E-state index in [2.05, 4.69) is 109 Å². The van der Waals surface area contributed by atoms with Crippen LogP contribution in [0.4, 0.5) is 23.3 Å². The Bertz CT molecular complexity index is 4840. The molecule has 2 aliphatic rings. The molecule has 33 heteroatoms. The van der Waals surface area contributed by atoms with Crippen molar-refractivity contribution in [2.24, 2.45) is 5.92 Å². The van der Waals surface area contributed by atoms with Crippen LogP contribution in [-0.4, -0.2) is 242 Å². The number of rotatable bonds is 21. The first-order valence-corrected chi connectivity index (χ1v) is 34.2. The molecule has 0 aromatic carbocycles. The molecule has 0 unspecified atom stereocenters. The van der Waals surface area contributed by atoms with Gasteiger partial charge in [-0.3, -0.25) is 39.1 Å². The molecule has 13 N–H and O–H groups in total. The number of nitrogens with one attached hydrogen (secondary N) is 5. The second-order valence-corrected chi connectivity index (χ2v) is 25.5. The van der Waals surface area contributed by atoms with E-state index in [0.717, 1.165) is 84.6 Å². The van der Waals surface area contributed by atoms with Crippen LogP contribution in [0.1, 0.15) is 67.1 Å². The lowest BCUT2D eigenvalue weighted by Crippen LogP contribution is -2.45. The zero-order chi connectivity index (χ0) is 73.1. The average molecular weight is 1410 g/mol. The van der Waals surface area contributed by atoms with Gasteiger partial charge < -0.3 is 69.1 Å². The Hall–Kier alpha value is -12.0. The first kappa shape index (κ1) is 73.2. The summed E-state index contributed by atoms with van der Waals surface area (Å²) in [5.74, 6) is 1.16. The van der Waals surface area contributed by atoms with E-state index in [1.165, 1.54) is 21.4 Å². The lowest BCUT2D eigenvalue weighted by atomic mass is 9.98. The third-order valence-electron chi connectivity index (χ3n) is 17.2. The van der Waals surface area contributed by atoms with Crippen LogP contribution in [-0.2, 0) is 0 Å². The minimum atomic E-state index is -0.195. The van der Waals surface area contributed by atoms with Gasteiger partial charge in [0.2, 0.25) is 0 Å². The number of anilines is 4. The molecule has 2 fully saturated rings. The van der Waals surface area contributed by atoms with Gasteiger partial charge in [-0.15, -0.1) is 20.4 Å². The van der Waals surface area contributed by atoms with Crippen molar-refractivity contribution in [1.29, 1.82) is 0 Å². The molecule has 540 valence electrons. The van der Waals surface area contributed by atoms with Crippen molar-refractivity contribution in [2.45, 2.75) is 25.7 Å². The van der Waals surface area contributed by atoms with Crippen molar-refractivity contribution in [3.8, 4) is 45.0 Å². The predicted molar refractivity (Wildman–Crippen MR) is 398 cm³/mol. The van der Waals surface area contributed by atoms with Gasteiger partial charge in [-0.05, 0) is 142 Å². The summed E-state index contributed by atoms with van der Waals surface area (Å²) < 4.78 is 6.12. The van der Waals surface area contributed by atoms with E-state index in [1.54, 1.807) is 71.0 Å². The highest BCUT2D eigenvalue weighted by Gasteiger charge is 2.23. The van der Waals surface area contributed by atoms with Crippen LogP contribution in [0, 0.1) is 5.92 Å². The minimum Gasteiger partial charge on any atom is -0.382 e. The van der Waals surface area contributed by atoms with Gasteiger partial charge in [0.05, 0.1) is 67.3 Å². The summed E-state index contributed by atoms with van der Waals surface area (Å²) >= 11 is 0. The summed E-state index contributed by atoms with van der Waals surface area (Å²) in [6, 6.07) is 22.3. The molecule has 4 amide bonds. The Morgan fingerprint density at radius 1 is 0.442 bits per heavy atom. The zero-order valence-electron chi connectivity index (χ0n) is 58.8. The summed E-state index contributed by atoms with van der Waals surface area (Å²) in [5.41, 5.74) is 33.7. The largest absolute Gasteiger partial charge is 0.382 e. The number of carbonyl (C=O) groups excluding carboxylic acids is 4. The van der Waals surface area contributed by atoms with Crippen molar-refractivity contribution < 1.29 is 19.2 Å². The lowest BCUT2D eigenvalue weighted by Gasteiger charge is -2.32. The van der Waals surface area contributed by atoms with Crippen LogP contribution in [0.2, 0.25) is 0 Å². The van der Waals surface area contributed by atoms with E-state index in [-0.39, 0.29) is 23.6 Å². The minimum absolute atomic E-state index is 0.147. The van der Waals surface area contributed by atoms with Crippen molar-refractivity contribution in [1.82, 2.24) is 125 Å². The van der Waals surface area contributed by atoms with Crippen LogP contribution in [0.3, 0.4) is 0 Å². The molecule has 14 rings (SSSR count). The molecule has 0 spiro atoms. The van der Waals surface area contributed by atoms with E-state index in [0.29, 0.717) is 145 Å². The van der Waals surface area contributed by atoms with E-state index in [4.69, 9.17) is 22.9 Å². The maximum absolute atomic E-state index is 12.5. The number of piperazine rings is 1. The molecular weight excluding hydrogens is 1320 g/mol. The predicted octanol–water partition coefficient (Wildman–Crippen LogP) is 3.56. The normalized spacial score (nSPS) is 13.4. The molecule has 0 bridgehead atoms. The Kier molecular flexibility index (Phi) is 24.7. The van der Waals surface area contributed by atoms with Crippen LogP contribution in [0.15, 0.2) is 147 Å². The van der Waals surface area contributed by atoms with Crippen molar-refractivity contribution in [3.63, 3.8) is 0 Å². The molecule has 12 aromatic heterocycles. The van der Waals surface area contributed by atoms with Crippen LogP contribution in [0.25, 0.3) is 67.6 Å². The summed E-state index contributed by atoms with van der Waals surface area (Å²) in [6.07, 6.45) is 23.5. The van der Waals surface area contributed by atoms with Gasteiger partial charge in [-0.2, -0.15) is 0 Å². The molecule has 0 atom stereocenters. The van der Waals surface area contributed by atoms with E-state index in [1.807, 2.05) is 106 Å². The number of amides is 4. The molecule has 14 heterocycles. The fraction of sp³-hybridized carbons (Fsp3) is 0.324. The number of nitrogens with zero attached hydrogens (tertiary/aromatic N) is 20. The first-order chi connectivity index (χ1) is 50.5. The third-order valence-corrected chi connectivity index (χ3v) is 17.2. The number of aromatic nitrogens is 16. The zero-order valence-corrected chi connectivity index (χ0v) is 58.8. The molecule has 104 heavy (non-hydrogen) atoms. The van der Waals surface area contributed by atoms with Gasteiger partial charge >= 0.3 is 0 Å². The maximum atomic E-state index is 12.5. The quantitative estimate of drug-likeness (QED) is 0.0464. The van der Waals surface area contributed by atoms with Gasteiger partial charge in [-0.1, -0.05) is 24.3 Å². The number of hydrogen-bond acceptors (Lipinski definition) is 25.